The molecule has 3 aromatic rings. The zero-order valence-corrected chi connectivity index (χ0v) is 20.4. The predicted octanol–water partition coefficient (Wildman–Crippen LogP) is 4.24. The first-order chi connectivity index (χ1) is 15.7. The molecule has 2 aromatic heterocycles. The maximum Gasteiger partial charge on any atom is 0.290 e. The van der Waals surface area contributed by atoms with Gasteiger partial charge in [-0.3, -0.25) is 9.59 Å². The molecule has 2 radical (unpaired) electrons. The summed E-state index contributed by atoms with van der Waals surface area (Å²) in [5.74, 6) is 0.559. The van der Waals surface area contributed by atoms with E-state index in [1.165, 1.54) is 0 Å². The van der Waals surface area contributed by atoms with Crippen molar-refractivity contribution in [2.45, 2.75) is 45.6 Å². The standard InChI is InChI=1S/C24H27BN4O3S/c1-24(2,3)28(4)23(31)22-27-20(18-7-6-10-33-18)21-15-12-16(26-19(30)13-25)17(32-5)11-14(15)8-9-29(21)22/h6-7,10-12H,8-9,13H2,1-5H3,(H,26,30). The summed E-state index contributed by atoms with van der Waals surface area (Å²) in [6.45, 7) is 6.62. The van der Waals surface area contributed by atoms with Crippen molar-refractivity contribution >= 4 is 36.7 Å². The maximum absolute atomic E-state index is 13.5. The van der Waals surface area contributed by atoms with Crippen molar-refractivity contribution in [1.82, 2.24) is 14.5 Å². The zero-order valence-electron chi connectivity index (χ0n) is 19.6. The Morgan fingerprint density at radius 2 is 2.09 bits per heavy atom. The molecule has 0 fully saturated rings. The Morgan fingerprint density at radius 1 is 1.33 bits per heavy atom. The molecule has 1 aromatic carbocycles. The van der Waals surface area contributed by atoms with Crippen molar-refractivity contribution in [1.29, 1.82) is 0 Å². The van der Waals surface area contributed by atoms with Gasteiger partial charge in [0.2, 0.25) is 5.91 Å². The third kappa shape index (κ3) is 4.17. The molecule has 2 amide bonds. The highest BCUT2D eigenvalue weighted by Crippen LogP contribution is 2.43. The first-order valence-corrected chi connectivity index (χ1v) is 11.7. The minimum atomic E-state index is -0.341. The Balaban J connectivity index is 1.93. The molecule has 0 bridgehead atoms. The van der Waals surface area contributed by atoms with E-state index in [2.05, 4.69) is 5.32 Å². The molecule has 0 saturated heterocycles. The van der Waals surface area contributed by atoms with Gasteiger partial charge in [-0.05, 0) is 62.7 Å². The summed E-state index contributed by atoms with van der Waals surface area (Å²) in [6, 6.07) is 7.82. The number of fused-ring (bicyclic) bond motifs is 3. The van der Waals surface area contributed by atoms with Crippen LogP contribution in [0.15, 0.2) is 29.6 Å². The summed E-state index contributed by atoms with van der Waals surface area (Å²) in [6.07, 6.45) is 0.583. The number of hydrogen-bond acceptors (Lipinski definition) is 5. The van der Waals surface area contributed by atoms with Gasteiger partial charge in [0, 0.05) is 24.7 Å². The van der Waals surface area contributed by atoms with Gasteiger partial charge in [-0.2, -0.15) is 0 Å². The number of methoxy groups -OCH3 is 1. The van der Waals surface area contributed by atoms with Gasteiger partial charge in [0.1, 0.15) is 11.4 Å². The minimum Gasteiger partial charge on any atom is -0.495 e. The number of imidazole rings is 1. The van der Waals surface area contributed by atoms with Crippen molar-refractivity contribution < 1.29 is 14.3 Å². The second-order valence-corrected chi connectivity index (χ2v) is 9.96. The normalized spacial score (nSPS) is 12.6. The molecule has 1 aliphatic heterocycles. The van der Waals surface area contributed by atoms with Gasteiger partial charge in [-0.25, -0.2) is 4.98 Å². The van der Waals surface area contributed by atoms with Crippen LogP contribution in [-0.4, -0.2) is 53.8 Å². The maximum atomic E-state index is 13.5. The van der Waals surface area contributed by atoms with Crippen LogP contribution in [0.25, 0.3) is 21.8 Å². The van der Waals surface area contributed by atoms with E-state index in [0.29, 0.717) is 30.2 Å². The van der Waals surface area contributed by atoms with Crippen molar-refractivity contribution in [3.63, 3.8) is 0 Å². The van der Waals surface area contributed by atoms with E-state index < -0.39 is 0 Å². The largest absolute Gasteiger partial charge is 0.495 e. The monoisotopic (exact) mass is 462 g/mol. The number of rotatable bonds is 5. The van der Waals surface area contributed by atoms with Crippen LogP contribution in [0.2, 0.25) is 6.32 Å². The Kier molecular flexibility index (Phi) is 6.09. The van der Waals surface area contributed by atoms with Crippen molar-refractivity contribution in [3.05, 3.63) is 41.0 Å². The van der Waals surface area contributed by atoms with Gasteiger partial charge in [0.25, 0.3) is 5.91 Å². The number of aryl methyl sites for hydroxylation is 1. The molecule has 4 rings (SSSR count). The molecule has 0 atom stereocenters. The lowest BCUT2D eigenvalue weighted by Crippen LogP contribution is -2.43. The summed E-state index contributed by atoms with van der Waals surface area (Å²) >= 11 is 1.58. The fourth-order valence-electron chi connectivity index (χ4n) is 3.90. The first kappa shape index (κ1) is 23.1. The van der Waals surface area contributed by atoms with Crippen LogP contribution in [-0.2, 0) is 17.8 Å². The number of benzene rings is 1. The molecule has 33 heavy (non-hydrogen) atoms. The number of nitrogens with zero attached hydrogens (tertiary/aromatic N) is 3. The Hall–Kier alpha value is -3.07. The van der Waals surface area contributed by atoms with Crippen LogP contribution in [0.1, 0.15) is 37.0 Å². The summed E-state index contributed by atoms with van der Waals surface area (Å²) in [5, 5.41) is 4.82. The molecule has 0 saturated carbocycles. The number of anilines is 1. The highest BCUT2D eigenvalue weighted by molar-refractivity contribution is 7.13. The average Bonchev–Trinajstić information content (AvgIpc) is 3.44. The molecule has 170 valence electrons. The summed E-state index contributed by atoms with van der Waals surface area (Å²) in [4.78, 5) is 33.0. The molecule has 1 N–H and O–H groups in total. The van der Waals surface area contributed by atoms with Crippen LogP contribution >= 0.6 is 11.3 Å². The number of carbonyl (C=O) groups is 2. The van der Waals surface area contributed by atoms with Crippen LogP contribution in [0.5, 0.6) is 5.75 Å². The molecule has 0 spiro atoms. The molecular weight excluding hydrogens is 435 g/mol. The van der Waals surface area contributed by atoms with Crippen molar-refractivity contribution in [2.24, 2.45) is 0 Å². The van der Waals surface area contributed by atoms with Gasteiger partial charge in [-0.15, -0.1) is 11.3 Å². The molecular formula is C24H27BN4O3S. The van der Waals surface area contributed by atoms with E-state index in [4.69, 9.17) is 17.6 Å². The number of hydrogen-bond donors (Lipinski definition) is 1. The molecule has 3 heterocycles. The second kappa shape index (κ2) is 8.70. The minimum absolute atomic E-state index is 0.125. The summed E-state index contributed by atoms with van der Waals surface area (Å²) in [7, 11) is 8.88. The zero-order chi connectivity index (χ0) is 23.9. The first-order valence-electron chi connectivity index (χ1n) is 10.8. The lowest BCUT2D eigenvalue weighted by molar-refractivity contribution is -0.114. The molecule has 9 heteroatoms. The van der Waals surface area contributed by atoms with E-state index >= 15 is 0 Å². The van der Waals surface area contributed by atoms with Crippen molar-refractivity contribution in [3.8, 4) is 27.6 Å². The highest BCUT2D eigenvalue weighted by atomic mass is 32.1. The fraction of sp³-hybridized carbons (Fsp3) is 0.375. The average molecular weight is 462 g/mol. The lowest BCUT2D eigenvalue weighted by atomic mass is 9.95. The van der Waals surface area contributed by atoms with E-state index in [0.717, 1.165) is 27.4 Å². The number of thiophene rings is 1. The number of carbonyl (C=O) groups excluding carboxylic acids is 2. The van der Waals surface area contributed by atoms with Gasteiger partial charge < -0.3 is 19.5 Å². The number of ether oxygens (including phenoxy) is 1. The Bertz CT molecular complexity index is 1210. The number of amides is 2. The van der Waals surface area contributed by atoms with Gasteiger partial charge >= 0.3 is 0 Å². The number of nitrogens with one attached hydrogen (secondary N) is 1. The third-order valence-electron chi connectivity index (χ3n) is 5.97. The molecule has 0 unspecified atom stereocenters. The van der Waals surface area contributed by atoms with Crippen LogP contribution in [0.4, 0.5) is 5.69 Å². The second-order valence-electron chi connectivity index (χ2n) is 9.01. The predicted molar refractivity (Wildman–Crippen MR) is 132 cm³/mol. The smallest absolute Gasteiger partial charge is 0.290 e. The fourth-order valence-corrected chi connectivity index (χ4v) is 4.61. The Morgan fingerprint density at radius 3 is 2.70 bits per heavy atom. The topological polar surface area (TPSA) is 76.5 Å². The van der Waals surface area contributed by atoms with Crippen LogP contribution < -0.4 is 10.1 Å². The number of aromatic nitrogens is 2. The molecule has 7 nitrogen and oxygen atoms in total. The van der Waals surface area contributed by atoms with Gasteiger partial charge in [-0.1, -0.05) is 6.07 Å². The SMILES string of the molecule is [B]CC(=O)Nc1cc2c(cc1OC)CCn1c(C(=O)N(C)C(C)(C)C)nc(-c3cccs3)c1-2. The summed E-state index contributed by atoms with van der Waals surface area (Å²) in [5.41, 5.74) is 3.83. The van der Waals surface area contributed by atoms with Gasteiger partial charge in [0.05, 0.1) is 31.2 Å². The highest BCUT2D eigenvalue weighted by Gasteiger charge is 2.33. The van der Waals surface area contributed by atoms with E-state index in [-0.39, 0.29) is 23.7 Å². The van der Waals surface area contributed by atoms with Crippen LogP contribution in [0, 0.1) is 0 Å². The van der Waals surface area contributed by atoms with E-state index in [9.17, 15) is 9.59 Å². The summed E-state index contributed by atoms with van der Waals surface area (Å²) < 4.78 is 7.53. The van der Waals surface area contributed by atoms with E-state index in [1.54, 1.807) is 30.4 Å². The quantitative estimate of drug-likeness (QED) is 0.576. The van der Waals surface area contributed by atoms with Gasteiger partial charge in [0.15, 0.2) is 5.82 Å². The Labute approximate surface area is 199 Å². The third-order valence-corrected chi connectivity index (χ3v) is 6.85. The van der Waals surface area contributed by atoms with E-state index in [1.807, 2.05) is 55.0 Å². The van der Waals surface area contributed by atoms with Crippen LogP contribution in [0.3, 0.4) is 0 Å². The lowest BCUT2D eigenvalue weighted by Gasteiger charge is -2.32. The molecule has 0 aliphatic carbocycles. The van der Waals surface area contributed by atoms with Crippen molar-refractivity contribution in [2.75, 3.05) is 19.5 Å². The molecule has 1 aliphatic rings.